The van der Waals surface area contributed by atoms with E-state index in [1.165, 1.54) is 5.56 Å². The van der Waals surface area contributed by atoms with Gasteiger partial charge in [0.05, 0.1) is 6.67 Å². The van der Waals surface area contributed by atoms with Crippen molar-refractivity contribution in [3.63, 3.8) is 0 Å². The van der Waals surface area contributed by atoms with Gasteiger partial charge in [-0.05, 0) is 5.56 Å². The summed E-state index contributed by atoms with van der Waals surface area (Å²) in [5, 5.41) is 0. The van der Waals surface area contributed by atoms with Gasteiger partial charge in [0.15, 0.2) is 0 Å². The maximum absolute atomic E-state index is 3.83. The largest absolute Gasteiger partial charge is 0.357 e. The molecule has 0 spiro atoms. The predicted octanol–water partition coefficient (Wildman–Crippen LogP) is 2.02. The molecule has 1 heterocycles. The quantitative estimate of drug-likeness (QED) is 0.675. The lowest BCUT2D eigenvalue weighted by Gasteiger charge is -2.17. The van der Waals surface area contributed by atoms with Crippen LogP contribution in [-0.2, 0) is 6.54 Å². The van der Waals surface area contributed by atoms with Crippen LogP contribution in [0.2, 0.25) is 0 Å². The van der Waals surface area contributed by atoms with Gasteiger partial charge < -0.3 is 9.80 Å². The highest BCUT2D eigenvalue weighted by atomic mass is 15.3. The molecule has 0 fully saturated rings. The Morgan fingerprint density at radius 1 is 1.15 bits per heavy atom. The second-order valence-corrected chi connectivity index (χ2v) is 3.26. The molecule has 1 aliphatic rings. The fourth-order valence-electron chi connectivity index (χ4n) is 1.44. The molecule has 13 heavy (non-hydrogen) atoms. The zero-order chi connectivity index (χ0) is 9.10. The first-order chi connectivity index (χ1) is 6.34. The SMILES string of the molecule is [CH2]N1C=CN(Cc2ccccc2)C1. The molecule has 0 aliphatic carbocycles. The van der Waals surface area contributed by atoms with Gasteiger partial charge in [0.1, 0.15) is 0 Å². The third-order valence-corrected chi connectivity index (χ3v) is 2.08. The first-order valence-electron chi connectivity index (χ1n) is 4.38. The van der Waals surface area contributed by atoms with Crippen LogP contribution in [0.5, 0.6) is 0 Å². The lowest BCUT2D eigenvalue weighted by molar-refractivity contribution is 0.306. The van der Waals surface area contributed by atoms with E-state index < -0.39 is 0 Å². The highest BCUT2D eigenvalue weighted by Crippen LogP contribution is 2.10. The van der Waals surface area contributed by atoms with E-state index in [0.717, 1.165) is 13.2 Å². The molecule has 0 aromatic heterocycles. The second kappa shape index (κ2) is 3.52. The number of nitrogens with zero attached hydrogens (tertiary/aromatic N) is 2. The summed E-state index contributed by atoms with van der Waals surface area (Å²) in [4.78, 5) is 4.14. The Kier molecular flexibility index (Phi) is 2.21. The van der Waals surface area contributed by atoms with Gasteiger partial charge in [-0.1, -0.05) is 30.3 Å². The van der Waals surface area contributed by atoms with Gasteiger partial charge in [-0.2, -0.15) is 0 Å². The van der Waals surface area contributed by atoms with E-state index in [0.29, 0.717) is 0 Å². The van der Waals surface area contributed by atoms with Gasteiger partial charge in [-0.15, -0.1) is 0 Å². The summed E-state index contributed by atoms with van der Waals surface area (Å²) in [7, 11) is 3.83. The van der Waals surface area contributed by atoms with Crippen molar-refractivity contribution in [1.82, 2.24) is 9.80 Å². The Morgan fingerprint density at radius 2 is 1.92 bits per heavy atom. The molecule has 2 rings (SSSR count). The Labute approximate surface area is 79.1 Å². The van der Waals surface area contributed by atoms with Crippen molar-refractivity contribution in [2.24, 2.45) is 0 Å². The highest BCUT2D eigenvalue weighted by molar-refractivity contribution is 5.15. The lowest BCUT2D eigenvalue weighted by atomic mass is 10.2. The fourth-order valence-corrected chi connectivity index (χ4v) is 1.44. The Bertz CT molecular complexity index is 292. The third-order valence-electron chi connectivity index (χ3n) is 2.08. The first kappa shape index (κ1) is 8.17. The molecular formula is C11H13N2. The zero-order valence-electron chi connectivity index (χ0n) is 7.56. The maximum atomic E-state index is 3.83. The molecule has 0 N–H and O–H groups in total. The normalized spacial score (nSPS) is 15.5. The summed E-state index contributed by atoms with van der Waals surface area (Å²) >= 11 is 0. The molecule has 1 aliphatic heterocycles. The molecule has 0 amide bonds. The molecular weight excluding hydrogens is 160 g/mol. The van der Waals surface area contributed by atoms with Crippen molar-refractivity contribution in [2.75, 3.05) is 6.67 Å². The van der Waals surface area contributed by atoms with E-state index in [-0.39, 0.29) is 0 Å². The smallest absolute Gasteiger partial charge is 0.0897 e. The third kappa shape index (κ3) is 2.02. The fraction of sp³-hybridized carbons (Fsp3) is 0.182. The molecule has 2 nitrogen and oxygen atoms in total. The standard InChI is InChI=1S/C11H13N2/c1-12-7-8-13(10-12)9-11-5-3-2-4-6-11/h2-8H,1,9-10H2. The monoisotopic (exact) mass is 173 g/mol. The first-order valence-corrected chi connectivity index (χ1v) is 4.38. The number of hydrogen-bond donors (Lipinski definition) is 0. The molecule has 67 valence electrons. The molecule has 0 atom stereocenters. The van der Waals surface area contributed by atoms with E-state index in [4.69, 9.17) is 0 Å². The second-order valence-electron chi connectivity index (χ2n) is 3.26. The average Bonchev–Trinajstić information content (AvgIpc) is 2.53. The summed E-state index contributed by atoms with van der Waals surface area (Å²) in [5.41, 5.74) is 1.34. The summed E-state index contributed by atoms with van der Waals surface area (Å²) in [6, 6.07) is 10.4. The molecule has 1 radical (unpaired) electrons. The van der Waals surface area contributed by atoms with Crippen LogP contribution in [0.25, 0.3) is 0 Å². The molecule has 0 saturated carbocycles. The Hall–Kier alpha value is -1.44. The van der Waals surface area contributed by atoms with Crippen molar-refractivity contribution in [2.45, 2.75) is 6.54 Å². The van der Waals surface area contributed by atoms with E-state index >= 15 is 0 Å². The topological polar surface area (TPSA) is 6.48 Å². The van der Waals surface area contributed by atoms with Gasteiger partial charge >= 0.3 is 0 Å². The Balaban J connectivity index is 1.96. The molecule has 1 aromatic carbocycles. The van der Waals surface area contributed by atoms with Crippen molar-refractivity contribution in [1.29, 1.82) is 0 Å². The zero-order valence-corrected chi connectivity index (χ0v) is 7.56. The van der Waals surface area contributed by atoms with Crippen LogP contribution in [-0.4, -0.2) is 16.5 Å². The molecule has 0 unspecified atom stereocenters. The van der Waals surface area contributed by atoms with Gasteiger partial charge in [-0.25, -0.2) is 0 Å². The lowest BCUT2D eigenvalue weighted by Crippen LogP contribution is -2.20. The van der Waals surface area contributed by atoms with Crippen LogP contribution in [0, 0.1) is 7.05 Å². The van der Waals surface area contributed by atoms with Crippen molar-refractivity contribution < 1.29 is 0 Å². The van der Waals surface area contributed by atoms with Crippen LogP contribution in [0.1, 0.15) is 5.56 Å². The van der Waals surface area contributed by atoms with Gasteiger partial charge in [0, 0.05) is 26.0 Å². The van der Waals surface area contributed by atoms with Gasteiger partial charge in [0.2, 0.25) is 0 Å². The maximum Gasteiger partial charge on any atom is 0.0897 e. The van der Waals surface area contributed by atoms with Crippen molar-refractivity contribution in [3.05, 3.63) is 55.3 Å². The minimum absolute atomic E-state index is 0.884. The molecule has 2 heteroatoms. The number of rotatable bonds is 2. The van der Waals surface area contributed by atoms with Crippen LogP contribution in [0.15, 0.2) is 42.7 Å². The van der Waals surface area contributed by atoms with Gasteiger partial charge in [-0.3, -0.25) is 0 Å². The van der Waals surface area contributed by atoms with Gasteiger partial charge in [0.25, 0.3) is 0 Å². The minimum Gasteiger partial charge on any atom is -0.357 e. The van der Waals surface area contributed by atoms with Crippen LogP contribution in [0.3, 0.4) is 0 Å². The minimum atomic E-state index is 0.884. The summed E-state index contributed by atoms with van der Waals surface area (Å²) < 4.78 is 0. The molecule has 1 aromatic rings. The van der Waals surface area contributed by atoms with Crippen molar-refractivity contribution in [3.8, 4) is 0 Å². The summed E-state index contributed by atoms with van der Waals surface area (Å²) in [6.45, 7) is 1.85. The summed E-state index contributed by atoms with van der Waals surface area (Å²) in [5.74, 6) is 0. The summed E-state index contributed by atoms with van der Waals surface area (Å²) in [6.07, 6.45) is 4.06. The number of benzene rings is 1. The molecule has 0 saturated heterocycles. The number of hydrogen-bond acceptors (Lipinski definition) is 2. The van der Waals surface area contributed by atoms with Crippen LogP contribution < -0.4 is 0 Å². The Morgan fingerprint density at radius 3 is 2.54 bits per heavy atom. The van der Waals surface area contributed by atoms with Crippen molar-refractivity contribution >= 4 is 0 Å². The van der Waals surface area contributed by atoms with E-state index in [1.807, 2.05) is 17.2 Å². The van der Waals surface area contributed by atoms with Crippen LogP contribution >= 0.6 is 0 Å². The predicted molar refractivity (Wildman–Crippen MR) is 53.2 cm³/mol. The van der Waals surface area contributed by atoms with E-state index in [9.17, 15) is 0 Å². The average molecular weight is 173 g/mol. The van der Waals surface area contributed by atoms with E-state index in [1.54, 1.807) is 0 Å². The highest BCUT2D eigenvalue weighted by Gasteiger charge is 2.07. The van der Waals surface area contributed by atoms with E-state index in [2.05, 4.69) is 42.4 Å². The molecule has 0 bridgehead atoms. The van der Waals surface area contributed by atoms with Crippen LogP contribution in [0.4, 0.5) is 0 Å².